The highest BCUT2D eigenvalue weighted by Crippen LogP contribution is 2.21. The van der Waals surface area contributed by atoms with E-state index in [1.807, 2.05) is 6.92 Å². The van der Waals surface area contributed by atoms with Crippen LogP contribution in [0.2, 0.25) is 5.02 Å². The Morgan fingerprint density at radius 2 is 2.33 bits per heavy atom. The molecule has 1 aromatic rings. The fourth-order valence-corrected chi connectivity index (χ4v) is 1.52. The maximum atomic E-state index is 13.2. The van der Waals surface area contributed by atoms with Gasteiger partial charge in [-0.1, -0.05) is 24.6 Å². The topological polar surface area (TPSA) is 12.0 Å². The van der Waals surface area contributed by atoms with Gasteiger partial charge in [0.15, 0.2) is 0 Å². The van der Waals surface area contributed by atoms with Gasteiger partial charge in [-0.15, -0.1) is 12.3 Å². The van der Waals surface area contributed by atoms with Crippen molar-refractivity contribution in [3.8, 4) is 12.3 Å². The van der Waals surface area contributed by atoms with E-state index in [2.05, 4.69) is 11.2 Å². The number of hydrogen-bond acceptors (Lipinski definition) is 1. The Labute approximate surface area is 94.6 Å². The fourth-order valence-electron chi connectivity index (χ4n) is 1.40. The molecule has 1 nitrogen and oxygen atoms in total. The van der Waals surface area contributed by atoms with Gasteiger partial charge in [-0.2, -0.15) is 0 Å². The molecule has 0 aromatic heterocycles. The van der Waals surface area contributed by atoms with Gasteiger partial charge in [0.1, 0.15) is 5.82 Å². The SMILES string of the molecule is C#CCC(NCC)c1ccc(Cl)c(F)c1. The zero-order valence-corrected chi connectivity index (χ0v) is 9.31. The maximum absolute atomic E-state index is 13.2. The fraction of sp³-hybridized carbons (Fsp3) is 0.333. The minimum atomic E-state index is -0.408. The Balaban J connectivity index is 2.91. The van der Waals surface area contributed by atoms with Crippen molar-refractivity contribution >= 4 is 11.6 Å². The molecule has 1 rings (SSSR count). The molecule has 1 N–H and O–H groups in total. The van der Waals surface area contributed by atoms with Crippen molar-refractivity contribution in [2.75, 3.05) is 6.54 Å². The zero-order chi connectivity index (χ0) is 11.3. The summed E-state index contributed by atoms with van der Waals surface area (Å²) in [6.07, 6.45) is 5.79. The molecule has 0 spiro atoms. The maximum Gasteiger partial charge on any atom is 0.142 e. The monoisotopic (exact) mass is 225 g/mol. The number of terminal acetylenes is 1. The van der Waals surface area contributed by atoms with Gasteiger partial charge in [0, 0.05) is 12.5 Å². The standard InChI is InChI=1S/C12H13ClFN/c1-3-5-12(15-4-2)9-6-7-10(13)11(14)8-9/h1,6-8,12,15H,4-5H2,2H3. The lowest BCUT2D eigenvalue weighted by Crippen LogP contribution is -2.20. The van der Waals surface area contributed by atoms with Crippen molar-refractivity contribution in [3.05, 3.63) is 34.6 Å². The highest BCUT2D eigenvalue weighted by atomic mass is 35.5. The Bertz CT molecular complexity index is 370. The second kappa shape index (κ2) is 5.75. The van der Waals surface area contributed by atoms with Crippen LogP contribution >= 0.6 is 11.6 Å². The van der Waals surface area contributed by atoms with E-state index in [0.29, 0.717) is 6.42 Å². The molecular weight excluding hydrogens is 213 g/mol. The smallest absolute Gasteiger partial charge is 0.142 e. The summed E-state index contributed by atoms with van der Waals surface area (Å²) in [5.74, 6) is 2.16. The van der Waals surface area contributed by atoms with E-state index < -0.39 is 5.82 Å². The lowest BCUT2D eigenvalue weighted by atomic mass is 10.0. The second-order valence-corrected chi connectivity index (χ2v) is 3.60. The molecule has 0 heterocycles. The van der Waals surface area contributed by atoms with Crippen LogP contribution in [0.1, 0.15) is 24.9 Å². The molecule has 1 atom stereocenters. The van der Waals surface area contributed by atoms with Crippen LogP contribution < -0.4 is 5.32 Å². The van der Waals surface area contributed by atoms with Crippen LogP contribution in [0, 0.1) is 18.2 Å². The molecule has 80 valence electrons. The van der Waals surface area contributed by atoms with Crippen LogP contribution in [0.5, 0.6) is 0 Å². The van der Waals surface area contributed by atoms with Crippen molar-refractivity contribution in [1.29, 1.82) is 0 Å². The predicted molar refractivity (Wildman–Crippen MR) is 61.3 cm³/mol. The van der Waals surface area contributed by atoms with Gasteiger partial charge >= 0.3 is 0 Å². The first-order valence-corrected chi connectivity index (χ1v) is 5.18. The van der Waals surface area contributed by atoms with E-state index in [1.165, 1.54) is 6.07 Å². The average Bonchev–Trinajstić information content (AvgIpc) is 2.22. The minimum Gasteiger partial charge on any atom is -0.309 e. The summed E-state index contributed by atoms with van der Waals surface area (Å²) in [5.41, 5.74) is 0.830. The summed E-state index contributed by atoms with van der Waals surface area (Å²) < 4.78 is 13.2. The second-order valence-electron chi connectivity index (χ2n) is 3.19. The van der Waals surface area contributed by atoms with Crippen LogP contribution in [-0.4, -0.2) is 6.54 Å². The van der Waals surface area contributed by atoms with E-state index in [9.17, 15) is 4.39 Å². The lowest BCUT2D eigenvalue weighted by molar-refractivity contribution is 0.556. The largest absolute Gasteiger partial charge is 0.309 e. The molecule has 15 heavy (non-hydrogen) atoms. The first-order chi connectivity index (χ1) is 7.19. The van der Waals surface area contributed by atoms with Crippen LogP contribution in [-0.2, 0) is 0 Å². The van der Waals surface area contributed by atoms with Crippen LogP contribution in [0.25, 0.3) is 0 Å². The minimum absolute atomic E-state index is 0.00762. The molecule has 0 amide bonds. The third kappa shape index (κ3) is 3.23. The van der Waals surface area contributed by atoms with Gasteiger partial charge in [0.25, 0.3) is 0 Å². The Kier molecular flexibility index (Phi) is 4.61. The number of rotatable bonds is 4. The van der Waals surface area contributed by atoms with E-state index in [-0.39, 0.29) is 11.1 Å². The van der Waals surface area contributed by atoms with Crippen molar-refractivity contribution in [2.24, 2.45) is 0 Å². The number of hydrogen-bond donors (Lipinski definition) is 1. The zero-order valence-electron chi connectivity index (χ0n) is 8.56. The van der Waals surface area contributed by atoms with E-state index in [4.69, 9.17) is 18.0 Å². The van der Waals surface area contributed by atoms with Crippen molar-refractivity contribution in [3.63, 3.8) is 0 Å². The molecular formula is C12H13ClFN. The summed E-state index contributed by atoms with van der Waals surface area (Å²) in [7, 11) is 0. The van der Waals surface area contributed by atoms with Gasteiger partial charge in [-0.3, -0.25) is 0 Å². The van der Waals surface area contributed by atoms with Crippen LogP contribution in [0.3, 0.4) is 0 Å². The Morgan fingerprint density at radius 3 is 2.87 bits per heavy atom. The van der Waals surface area contributed by atoms with E-state index in [0.717, 1.165) is 12.1 Å². The Morgan fingerprint density at radius 1 is 1.60 bits per heavy atom. The molecule has 0 radical (unpaired) electrons. The number of benzene rings is 1. The summed E-state index contributed by atoms with van der Waals surface area (Å²) >= 11 is 5.60. The number of nitrogens with one attached hydrogen (secondary N) is 1. The molecule has 1 aromatic carbocycles. The molecule has 0 bridgehead atoms. The average molecular weight is 226 g/mol. The van der Waals surface area contributed by atoms with E-state index in [1.54, 1.807) is 12.1 Å². The quantitative estimate of drug-likeness (QED) is 0.777. The normalized spacial score (nSPS) is 12.1. The molecule has 1 unspecified atom stereocenters. The third-order valence-corrected chi connectivity index (χ3v) is 2.43. The number of halogens is 2. The summed E-state index contributed by atoms with van der Waals surface area (Å²) in [5, 5.41) is 3.33. The molecule has 0 aliphatic rings. The summed E-state index contributed by atoms with van der Waals surface area (Å²) in [6, 6.07) is 4.75. The molecule has 0 saturated heterocycles. The van der Waals surface area contributed by atoms with Gasteiger partial charge < -0.3 is 5.32 Å². The molecule has 0 saturated carbocycles. The summed E-state index contributed by atoms with van der Waals surface area (Å²) in [4.78, 5) is 0. The summed E-state index contributed by atoms with van der Waals surface area (Å²) in [6.45, 7) is 2.77. The lowest BCUT2D eigenvalue weighted by Gasteiger charge is -2.15. The van der Waals surface area contributed by atoms with Crippen molar-refractivity contribution in [1.82, 2.24) is 5.32 Å². The van der Waals surface area contributed by atoms with E-state index >= 15 is 0 Å². The molecule has 0 aliphatic carbocycles. The van der Waals surface area contributed by atoms with Crippen molar-refractivity contribution < 1.29 is 4.39 Å². The first kappa shape index (κ1) is 12.0. The molecule has 0 aliphatic heterocycles. The third-order valence-electron chi connectivity index (χ3n) is 2.12. The highest BCUT2D eigenvalue weighted by molar-refractivity contribution is 6.30. The molecule has 3 heteroatoms. The van der Waals surface area contributed by atoms with Gasteiger partial charge in [0.2, 0.25) is 0 Å². The van der Waals surface area contributed by atoms with Crippen molar-refractivity contribution in [2.45, 2.75) is 19.4 Å². The Hall–Kier alpha value is -1.04. The highest BCUT2D eigenvalue weighted by Gasteiger charge is 2.10. The van der Waals surface area contributed by atoms with Gasteiger partial charge in [0.05, 0.1) is 5.02 Å². The van der Waals surface area contributed by atoms with Crippen LogP contribution in [0.4, 0.5) is 4.39 Å². The first-order valence-electron chi connectivity index (χ1n) is 4.80. The van der Waals surface area contributed by atoms with Crippen LogP contribution in [0.15, 0.2) is 18.2 Å². The molecule has 0 fully saturated rings. The van der Waals surface area contributed by atoms with Gasteiger partial charge in [-0.05, 0) is 24.2 Å². The predicted octanol–water partition coefficient (Wildman–Crippen LogP) is 3.15. The van der Waals surface area contributed by atoms with Gasteiger partial charge in [-0.25, -0.2) is 4.39 Å².